The van der Waals surface area contributed by atoms with Gasteiger partial charge in [0.05, 0.1) is 5.92 Å². The molecule has 1 aromatic heterocycles. The maximum Gasteiger partial charge on any atom is 0.232 e. The molecule has 1 atom stereocenters. The fourth-order valence-corrected chi connectivity index (χ4v) is 3.03. The van der Waals surface area contributed by atoms with E-state index in [4.69, 9.17) is 0 Å². The molecule has 1 aliphatic heterocycles. The third kappa shape index (κ3) is 1.87. The van der Waals surface area contributed by atoms with Gasteiger partial charge in [-0.25, -0.2) is 0 Å². The average molecular weight is 243 g/mol. The van der Waals surface area contributed by atoms with Gasteiger partial charge < -0.3 is 5.32 Å². The third-order valence-electron chi connectivity index (χ3n) is 3.14. The summed E-state index contributed by atoms with van der Waals surface area (Å²) >= 11 is 1.71. The van der Waals surface area contributed by atoms with Crippen LogP contribution in [0.1, 0.15) is 21.9 Å². The molecule has 2 nitrogen and oxygen atoms in total. The number of benzene rings is 1. The van der Waals surface area contributed by atoms with Gasteiger partial charge in [-0.3, -0.25) is 4.79 Å². The van der Waals surface area contributed by atoms with Crippen molar-refractivity contribution in [1.29, 1.82) is 0 Å². The number of nitrogens with one attached hydrogen (secondary N) is 1. The second kappa shape index (κ2) is 4.00. The highest BCUT2D eigenvalue weighted by Gasteiger charge is 2.30. The van der Waals surface area contributed by atoms with Crippen molar-refractivity contribution in [2.75, 3.05) is 5.32 Å². The number of rotatable bonds is 2. The number of fused-ring (bicyclic) bond motifs is 1. The van der Waals surface area contributed by atoms with Crippen LogP contribution in [0.2, 0.25) is 0 Å². The van der Waals surface area contributed by atoms with E-state index in [1.165, 1.54) is 10.4 Å². The van der Waals surface area contributed by atoms with Crippen molar-refractivity contribution in [1.82, 2.24) is 0 Å². The van der Waals surface area contributed by atoms with E-state index in [-0.39, 0.29) is 11.8 Å². The number of hydrogen-bond donors (Lipinski definition) is 1. The van der Waals surface area contributed by atoms with Gasteiger partial charge in [-0.05, 0) is 36.4 Å². The van der Waals surface area contributed by atoms with Crippen LogP contribution in [0, 0.1) is 6.92 Å². The minimum atomic E-state index is -0.0245. The van der Waals surface area contributed by atoms with Gasteiger partial charge in [0.25, 0.3) is 0 Å². The maximum absolute atomic E-state index is 12.0. The minimum Gasteiger partial charge on any atom is -0.325 e. The van der Waals surface area contributed by atoms with Crippen LogP contribution in [-0.2, 0) is 11.2 Å². The molecule has 86 valence electrons. The second-order valence-corrected chi connectivity index (χ2v) is 5.45. The molecule has 0 saturated heterocycles. The van der Waals surface area contributed by atoms with Crippen LogP contribution in [0.5, 0.6) is 0 Å². The molecule has 3 rings (SSSR count). The van der Waals surface area contributed by atoms with Gasteiger partial charge >= 0.3 is 0 Å². The van der Waals surface area contributed by atoms with Crippen LogP contribution in [0.4, 0.5) is 5.69 Å². The molecular formula is C14H13NOS. The van der Waals surface area contributed by atoms with Crippen molar-refractivity contribution in [2.24, 2.45) is 0 Å². The van der Waals surface area contributed by atoms with Gasteiger partial charge in [-0.15, -0.1) is 11.3 Å². The van der Waals surface area contributed by atoms with E-state index in [9.17, 15) is 4.79 Å². The molecule has 2 aromatic rings. The number of carbonyl (C=O) groups is 1. The first-order valence-electron chi connectivity index (χ1n) is 5.68. The van der Waals surface area contributed by atoms with E-state index in [0.717, 1.165) is 17.7 Å². The minimum absolute atomic E-state index is 0.0245. The predicted octanol–water partition coefficient (Wildman–Crippen LogP) is 3.33. The number of anilines is 1. The zero-order chi connectivity index (χ0) is 11.8. The molecule has 1 amide bonds. The van der Waals surface area contributed by atoms with Gasteiger partial charge in [0.2, 0.25) is 5.91 Å². The van der Waals surface area contributed by atoms with Crippen LogP contribution in [0.25, 0.3) is 0 Å². The summed E-state index contributed by atoms with van der Waals surface area (Å²) in [7, 11) is 0. The SMILES string of the molecule is Cc1ccc2c(c1)[C@@H](Cc1cccs1)C(=O)N2. The number of thiophene rings is 1. The first-order valence-corrected chi connectivity index (χ1v) is 6.56. The van der Waals surface area contributed by atoms with Crippen LogP contribution < -0.4 is 5.32 Å². The standard InChI is InChI=1S/C14H13NOS/c1-9-4-5-13-11(7-9)12(14(16)15-13)8-10-3-2-6-17-10/h2-7,12H,8H2,1H3,(H,15,16)/t12-/m1/s1. The van der Waals surface area contributed by atoms with E-state index in [2.05, 4.69) is 29.8 Å². The summed E-state index contributed by atoms with van der Waals surface area (Å²) in [5.74, 6) is 0.0996. The number of amides is 1. The number of aryl methyl sites for hydroxylation is 1. The van der Waals surface area contributed by atoms with Crippen molar-refractivity contribution in [2.45, 2.75) is 19.3 Å². The lowest BCUT2D eigenvalue weighted by Gasteiger charge is -2.07. The summed E-state index contributed by atoms with van der Waals surface area (Å²) in [6, 6.07) is 10.3. The van der Waals surface area contributed by atoms with Crippen molar-refractivity contribution in [3.63, 3.8) is 0 Å². The lowest BCUT2D eigenvalue weighted by Crippen LogP contribution is -2.13. The van der Waals surface area contributed by atoms with Crippen molar-refractivity contribution in [3.05, 3.63) is 51.7 Å². The van der Waals surface area contributed by atoms with Crippen molar-refractivity contribution < 1.29 is 4.79 Å². The maximum atomic E-state index is 12.0. The Kier molecular flexibility index (Phi) is 2.48. The Hall–Kier alpha value is -1.61. The summed E-state index contributed by atoms with van der Waals surface area (Å²) in [6.07, 6.45) is 0.806. The fraction of sp³-hybridized carbons (Fsp3) is 0.214. The van der Waals surface area contributed by atoms with Crippen molar-refractivity contribution in [3.8, 4) is 0 Å². The summed E-state index contributed by atoms with van der Waals surface area (Å²) < 4.78 is 0. The monoisotopic (exact) mass is 243 g/mol. The van der Waals surface area contributed by atoms with Gasteiger partial charge in [-0.1, -0.05) is 23.8 Å². The largest absolute Gasteiger partial charge is 0.325 e. The van der Waals surface area contributed by atoms with Crippen LogP contribution >= 0.6 is 11.3 Å². The van der Waals surface area contributed by atoms with E-state index in [1.807, 2.05) is 18.2 Å². The zero-order valence-corrected chi connectivity index (χ0v) is 10.4. The van der Waals surface area contributed by atoms with Gasteiger partial charge in [0, 0.05) is 10.6 Å². The van der Waals surface area contributed by atoms with E-state index in [0.29, 0.717) is 0 Å². The lowest BCUT2D eigenvalue weighted by molar-refractivity contribution is -0.117. The summed E-state index contributed by atoms with van der Waals surface area (Å²) in [4.78, 5) is 13.2. The highest BCUT2D eigenvalue weighted by molar-refractivity contribution is 7.09. The van der Waals surface area contributed by atoms with Gasteiger partial charge in [0.15, 0.2) is 0 Å². The lowest BCUT2D eigenvalue weighted by atomic mass is 9.95. The Morgan fingerprint density at radius 1 is 1.35 bits per heavy atom. The molecule has 0 fully saturated rings. The van der Waals surface area contributed by atoms with Crippen LogP contribution in [0.3, 0.4) is 0 Å². The van der Waals surface area contributed by atoms with E-state index < -0.39 is 0 Å². The highest BCUT2D eigenvalue weighted by Crippen LogP contribution is 2.35. The van der Waals surface area contributed by atoms with E-state index in [1.54, 1.807) is 11.3 Å². The number of carbonyl (C=O) groups excluding carboxylic acids is 1. The average Bonchev–Trinajstić information content (AvgIpc) is 2.90. The molecule has 0 aliphatic carbocycles. The molecule has 0 unspecified atom stereocenters. The topological polar surface area (TPSA) is 29.1 Å². The summed E-state index contributed by atoms with van der Waals surface area (Å²) in [6.45, 7) is 2.06. The smallest absolute Gasteiger partial charge is 0.232 e. The molecule has 0 spiro atoms. The molecule has 1 N–H and O–H groups in total. The summed E-state index contributed by atoms with van der Waals surface area (Å²) in [5, 5.41) is 5.01. The Balaban J connectivity index is 1.96. The Morgan fingerprint density at radius 3 is 3.00 bits per heavy atom. The molecule has 1 aliphatic rings. The Labute approximate surface area is 104 Å². The first-order chi connectivity index (χ1) is 8.24. The number of hydrogen-bond acceptors (Lipinski definition) is 2. The zero-order valence-electron chi connectivity index (χ0n) is 9.57. The molecule has 0 radical (unpaired) electrons. The Morgan fingerprint density at radius 2 is 2.24 bits per heavy atom. The highest BCUT2D eigenvalue weighted by atomic mass is 32.1. The van der Waals surface area contributed by atoms with Gasteiger partial charge in [-0.2, -0.15) is 0 Å². The molecule has 1 aromatic carbocycles. The van der Waals surface area contributed by atoms with Gasteiger partial charge in [0.1, 0.15) is 0 Å². The molecular weight excluding hydrogens is 230 g/mol. The van der Waals surface area contributed by atoms with E-state index >= 15 is 0 Å². The molecule has 2 heterocycles. The van der Waals surface area contributed by atoms with Crippen LogP contribution in [-0.4, -0.2) is 5.91 Å². The van der Waals surface area contributed by atoms with Crippen LogP contribution in [0.15, 0.2) is 35.7 Å². The fourth-order valence-electron chi connectivity index (χ4n) is 2.28. The Bertz CT molecular complexity index is 560. The molecule has 0 bridgehead atoms. The predicted molar refractivity (Wildman–Crippen MR) is 70.6 cm³/mol. The normalized spacial score (nSPS) is 17.9. The summed E-state index contributed by atoms with van der Waals surface area (Å²) in [5.41, 5.74) is 3.32. The molecule has 17 heavy (non-hydrogen) atoms. The third-order valence-corrected chi connectivity index (χ3v) is 4.04. The van der Waals surface area contributed by atoms with Crippen molar-refractivity contribution >= 4 is 22.9 Å². The quantitative estimate of drug-likeness (QED) is 0.861. The first kappa shape index (κ1) is 10.5. The second-order valence-electron chi connectivity index (χ2n) is 4.42. The molecule has 3 heteroatoms. The molecule has 0 saturated carbocycles.